The fourth-order valence-corrected chi connectivity index (χ4v) is 2.12. The minimum atomic E-state index is 0.433. The van der Waals surface area contributed by atoms with Crippen molar-refractivity contribution >= 4 is 15.9 Å². The van der Waals surface area contributed by atoms with E-state index in [9.17, 15) is 0 Å². The van der Waals surface area contributed by atoms with Crippen LogP contribution in [-0.2, 0) is 6.42 Å². The standard InChI is InChI=1S/C14H17BrN2/c1-11-3-6-13(7-4-11)8-5-12(2)17-10-14(15)9-16-17/h3-4,6-7,9-10,12H,5,8H2,1-2H3/t12-/m0/s1. The number of aromatic nitrogens is 2. The zero-order valence-electron chi connectivity index (χ0n) is 10.2. The third kappa shape index (κ3) is 3.43. The Morgan fingerprint density at radius 3 is 2.59 bits per heavy atom. The first-order chi connectivity index (χ1) is 8.15. The van der Waals surface area contributed by atoms with Crippen LogP contribution < -0.4 is 0 Å². The van der Waals surface area contributed by atoms with E-state index in [0.717, 1.165) is 17.3 Å². The molecule has 1 aromatic carbocycles. The van der Waals surface area contributed by atoms with Gasteiger partial charge in [0.1, 0.15) is 0 Å². The first-order valence-corrected chi connectivity index (χ1v) is 6.69. The van der Waals surface area contributed by atoms with Gasteiger partial charge in [-0.15, -0.1) is 0 Å². The average molecular weight is 293 g/mol. The Kier molecular flexibility index (Phi) is 4.00. The van der Waals surface area contributed by atoms with Crippen molar-refractivity contribution in [3.8, 4) is 0 Å². The van der Waals surface area contributed by atoms with Gasteiger partial charge in [0, 0.05) is 12.2 Å². The van der Waals surface area contributed by atoms with E-state index in [-0.39, 0.29) is 0 Å². The normalized spacial score (nSPS) is 12.6. The van der Waals surface area contributed by atoms with Crippen molar-refractivity contribution in [2.45, 2.75) is 32.7 Å². The largest absolute Gasteiger partial charge is 0.269 e. The quantitative estimate of drug-likeness (QED) is 0.828. The average Bonchev–Trinajstić information content (AvgIpc) is 2.75. The highest BCUT2D eigenvalue weighted by molar-refractivity contribution is 9.10. The Hall–Kier alpha value is -1.09. The van der Waals surface area contributed by atoms with Gasteiger partial charge in [0.05, 0.1) is 10.7 Å². The molecule has 0 aliphatic rings. The predicted octanol–water partition coefficient (Wildman–Crippen LogP) is 4.15. The topological polar surface area (TPSA) is 17.8 Å². The van der Waals surface area contributed by atoms with E-state index in [4.69, 9.17) is 0 Å². The molecule has 0 bridgehead atoms. The number of nitrogens with zero attached hydrogens (tertiary/aromatic N) is 2. The highest BCUT2D eigenvalue weighted by atomic mass is 79.9. The van der Waals surface area contributed by atoms with E-state index < -0.39 is 0 Å². The summed E-state index contributed by atoms with van der Waals surface area (Å²) in [4.78, 5) is 0. The lowest BCUT2D eigenvalue weighted by molar-refractivity contribution is 0.459. The zero-order valence-corrected chi connectivity index (χ0v) is 11.8. The van der Waals surface area contributed by atoms with E-state index in [0.29, 0.717) is 6.04 Å². The van der Waals surface area contributed by atoms with Crippen molar-refractivity contribution in [3.05, 3.63) is 52.3 Å². The molecular formula is C14H17BrN2. The maximum atomic E-state index is 4.31. The van der Waals surface area contributed by atoms with Gasteiger partial charge in [-0.2, -0.15) is 5.10 Å². The maximum Gasteiger partial charge on any atom is 0.0632 e. The van der Waals surface area contributed by atoms with Crippen LogP contribution in [0.3, 0.4) is 0 Å². The summed E-state index contributed by atoms with van der Waals surface area (Å²) in [5, 5.41) is 4.31. The van der Waals surface area contributed by atoms with Crippen molar-refractivity contribution in [3.63, 3.8) is 0 Å². The van der Waals surface area contributed by atoms with E-state index >= 15 is 0 Å². The molecular weight excluding hydrogens is 276 g/mol. The summed E-state index contributed by atoms with van der Waals surface area (Å²) in [5.74, 6) is 0. The van der Waals surface area contributed by atoms with Crippen LogP contribution in [0.25, 0.3) is 0 Å². The van der Waals surface area contributed by atoms with Crippen molar-refractivity contribution < 1.29 is 0 Å². The summed E-state index contributed by atoms with van der Waals surface area (Å²) in [6.45, 7) is 4.32. The molecule has 0 spiro atoms. The number of halogens is 1. The van der Waals surface area contributed by atoms with Crippen LogP contribution >= 0.6 is 15.9 Å². The summed E-state index contributed by atoms with van der Waals surface area (Å²) < 4.78 is 3.05. The summed E-state index contributed by atoms with van der Waals surface area (Å²) in [6.07, 6.45) is 6.07. The van der Waals surface area contributed by atoms with Crippen LogP contribution in [0, 0.1) is 6.92 Å². The van der Waals surface area contributed by atoms with Crippen LogP contribution in [0.2, 0.25) is 0 Å². The molecule has 1 atom stereocenters. The molecule has 2 rings (SSSR count). The van der Waals surface area contributed by atoms with E-state index in [1.807, 2.05) is 17.1 Å². The molecule has 0 radical (unpaired) electrons. The minimum Gasteiger partial charge on any atom is -0.269 e. The second-order valence-electron chi connectivity index (χ2n) is 4.51. The molecule has 0 amide bonds. The van der Waals surface area contributed by atoms with Gasteiger partial charge in [-0.3, -0.25) is 4.68 Å². The Bertz CT molecular complexity index is 473. The molecule has 3 heteroatoms. The van der Waals surface area contributed by atoms with Gasteiger partial charge >= 0.3 is 0 Å². The van der Waals surface area contributed by atoms with Gasteiger partial charge in [0.15, 0.2) is 0 Å². The van der Waals surface area contributed by atoms with E-state index in [1.165, 1.54) is 11.1 Å². The lowest BCUT2D eigenvalue weighted by Gasteiger charge is -2.11. The number of rotatable bonds is 4. The number of aryl methyl sites for hydroxylation is 2. The fourth-order valence-electron chi connectivity index (χ4n) is 1.82. The second-order valence-corrected chi connectivity index (χ2v) is 5.43. The van der Waals surface area contributed by atoms with Gasteiger partial charge in [0.25, 0.3) is 0 Å². The van der Waals surface area contributed by atoms with Crippen molar-refractivity contribution in [1.29, 1.82) is 0 Å². The first kappa shape index (κ1) is 12.4. The minimum absolute atomic E-state index is 0.433. The molecule has 1 aromatic heterocycles. The van der Waals surface area contributed by atoms with Crippen LogP contribution in [0.4, 0.5) is 0 Å². The Morgan fingerprint density at radius 2 is 2.00 bits per heavy atom. The number of hydrogen-bond donors (Lipinski definition) is 0. The van der Waals surface area contributed by atoms with Crippen LogP contribution in [0.15, 0.2) is 41.1 Å². The first-order valence-electron chi connectivity index (χ1n) is 5.90. The fraction of sp³-hybridized carbons (Fsp3) is 0.357. The number of benzene rings is 1. The monoisotopic (exact) mass is 292 g/mol. The summed E-state index contributed by atoms with van der Waals surface area (Å²) in [6, 6.07) is 9.19. The highest BCUT2D eigenvalue weighted by Crippen LogP contribution is 2.17. The lowest BCUT2D eigenvalue weighted by Crippen LogP contribution is -2.06. The Morgan fingerprint density at radius 1 is 1.29 bits per heavy atom. The predicted molar refractivity (Wildman–Crippen MR) is 74.1 cm³/mol. The van der Waals surface area contributed by atoms with Crippen LogP contribution in [0.5, 0.6) is 0 Å². The van der Waals surface area contributed by atoms with Gasteiger partial charge in [-0.05, 0) is 48.2 Å². The van der Waals surface area contributed by atoms with Gasteiger partial charge in [-0.25, -0.2) is 0 Å². The molecule has 1 heterocycles. The molecule has 90 valence electrons. The molecule has 2 nitrogen and oxygen atoms in total. The molecule has 0 N–H and O–H groups in total. The molecule has 17 heavy (non-hydrogen) atoms. The molecule has 0 aliphatic carbocycles. The van der Waals surface area contributed by atoms with Gasteiger partial charge < -0.3 is 0 Å². The third-order valence-corrected chi connectivity index (χ3v) is 3.40. The smallest absolute Gasteiger partial charge is 0.0632 e. The zero-order chi connectivity index (χ0) is 12.3. The molecule has 0 aliphatic heterocycles. The third-order valence-electron chi connectivity index (χ3n) is 2.99. The summed E-state index contributed by atoms with van der Waals surface area (Å²) >= 11 is 3.42. The lowest BCUT2D eigenvalue weighted by atomic mass is 10.1. The van der Waals surface area contributed by atoms with E-state index in [2.05, 4.69) is 59.1 Å². The summed E-state index contributed by atoms with van der Waals surface area (Å²) in [7, 11) is 0. The second kappa shape index (κ2) is 5.50. The van der Waals surface area contributed by atoms with E-state index in [1.54, 1.807) is 0 Å². The van der Waals surface area contributed by atoms with Crippen molar-refractivity contribution in [2.24, 2.45) is 0 Å². The Labute approximate surface area is 111 Å². The van der Waals surface area contributed by atoms with Crippen LogP contribution in [-0.4, -0.2) is 9.78 Å². The maximum absolute atomic E-state index is 4.31. The highest BCUT2D eigenvalue weighted by Gasteiger charge is 2.06. The molecule has 0 fully saturated rings. The molecule has 0 saturated carbocycles. The van der Waals surface area contributed by atoms with Crippen molar-refractivity contribution in [1.82, 2.24) is 9.78 Å². The summed E-state index contributed by atoms with van der Waals surface area (Å²) in [5.41, 5.74) is 2.71. The molecule has 0 unspecified atom stereocenters. The van der Waals surface area contributed by atoms with Crippen LogP contribution in [0.1, 0.15) is 30.5 Å². The Balaban J connectivity index is 1.92. The van der Waals surface area contributed by atoms with Gasteiger partial charge in [-0.1, -0.05) is 29.8 Å². The molecule has 0 saturated heterocycles. The number of hydrogen-bond acceptors (Lipinski definition) is 1. The molecule has 2 aromatic rings. The SMILES string of the molecule is Cc1ccc(CC[C@H](C)n2cc(Br)cn2)cc1. The van der Waals surface area contributed by atoms with Gasteiger partial charge in [0.2, 0.25) is 0 Å². The van der Waals surface area contributed by atoms with Crippen molar-refractivity contribution in [2.75, 3.05) is 0 Å².